The average Bonchev–Trinajstić information content (AvgIpc) is 2.51. The molecular formula is C17H20N2O3S. The normalized spacial score (nSPS) is 11.7. The number of thiocarbonyl (C=S) groups is 1. The van der Waals surface area contributed by atoms with E-state index < -0.39 is 0 Å². The number of hydrogen-bond acceptors (Lipinski definition) is 4. The molecule has 5 nitrogen and oxygen atoms in total. The van der Waals surface area contributed by atoms with Crippen LogP contribution in [0.15, 0.2) is 42.5 Å². The quantitative estimate of drug-likeness (QED) is 0.427. The summed E-state index contributed by atoms with van der Waals surface area (Å²) in [5.74, 6) is -0.0278. The first kappa shape index (κ1) is 16.9. The standard InChI is InChI=1S/C17H20N2O3S/c1-11(13-6-7-15(21)16(22)10-13)19-17(23)18-9-8-12-4-2-3-5-14(12)20/h2-7,10-11,20-22H,8-9H2,1H3,(H2,18,19,23)/t11-/m1/s1. The molecule has 0 amide bonds. The molecule has 2 aromatic carbocycles. The second-order valence-corrected chi connectivity index (χ2v) is 5.66. The third-order valence-corrected chi connectivity index (χ3v) is 3.78. The lowest BCUT2D eigenvalue weighted by atomic mass is 10.1. The molecule has 2 aromatic rings. The Hall–Kier alpha value is -2.47. The molecule has 0 saturated heterocycles. The fourth-order valence-corrected chi connectivity index (χ4v) is 2.45. The molecule has 0 saturated carbocycles. The van der Waals surface area contributed by atoms with Crippen molar-refractivity contribution in [2.45, 2.75) is 19.4 Å². The van der Waals surface area contributed by atoms with Crippen molar-refractivity contribution in [2.24, 2.45) is 0 Å². The number of nitrogens with one attached hydrogen (secondary N) is 2. The van der Waals surface area contributed by atoms with E-state index in [9.17, 15) is 15.3 Å². The van der Waals surface area contributed by atoms with Gasteiger partial charge >= 0.3 is 0 Å². The molecule has 2 rings (SSSR count). The number of hydrogen-bond donors (Lipinski definition) is 5. The molecule has 5 N–H and O–H groups in total. The maximum absolute atomic E-state index is 9.70. The minimum absolute atomic E-state index is 0.119. The third kappa shape index (κ3) is 4.75. The largest absolute Gasteiger partial charge is 0.508 e. The van der Waals surface area contributed by atoms with E-state index in [0.29, 0.717) is 18.1 Å². The van der Waals surface area contributed by atoms with Crippen molar-refractivity contribution in [3.05, 3.63) is 53.6 Å². The predicted molar refractivity (Wildman–Crippen MR) is 93.7 cm³/mol. The fraction of sp³-hybridized carbons (Fsp3) is 0.235. The van der Waals surface area contributed by atoms with Crippen molar-refractivity contribution in [3.63, 3.8) is 0 Å². The molecule has 0 aliphatic carbocycles. The van der Waals surface area contributed by atoms with E-state index in [1.54, 1.807) is 18.2 Å². The van der Waals surface area contributed by atoms with Crippen molar-refractivity contribution in [1.29, 1.82) is 0 Å². The van der Waals surface area contributed by atoms with Crippen LogP contribution in [0.3, 0.4) is 0 Å². The Bertz CT molecular complexity index is 691. The van der Waals surface area contributed by atoms with Gasteiger partial charge in [0.25, 0.3) is 0 Å². The molecule has 23 heavy (non-hydrogen) atoms. The van der Waals surface area contributed by atoms with Crippen molar-refractivity contribution in [1.82, 2.24) is 10.6 Å². The van der Waals surface area contributed by atoms with Gasteiger partial charge in [-0.3, -0.25) is 0 Å². The van der Waals surface area contributed by atoms with Crippen molar-refractivity contribution >= 4 is 17.3 Å². The van der Waals surface area contributed by atoms with Crippen LogP contribution in [0.1, 0.15) is 24.1 Å². The summed E-state index contributed by atoms with van der Waals surface area (Å²) in [4.78, 5) is 0. The zero-order chi connectivity index (χ0) is 16.8. The van der Waals surface area contributed by atoms with Crippen LogP contribution < -0.4 is 10.6 Å². The van der Waals surface area contributed by atoms with E-state index in [1.165, 1.54) is 12.1 Å². The van der Waals surface area contributed by atoms with E-state index >= 15 is 0 Å². The molecule has 0 spiro atoms. The van der Waals surface area contributed by atoms with Crippen molar-refractivity contribution in [3.8, 4) is 17.2 Å². The molecule has 122 valence electrons. The SMILES string of the molecule is C[C@@H](NC(=S)NCCc1ccccc1O)c1ccc(O)c(O)c1. The number of benzene rings is 2. The minimum atomic E-state index is -0.158. The Balaban J connectivity index is 1.82. The molecular weight excluding hydrogens is 312 g/mol. The van der Waals surface area contributed by atoms with Gasteiger partial charge in [0, 0.05) is 6.54 Å². The van der Waals surface area contributed by atoms with Crippen LogP contribution >= 0.6 is 12.2 Å². The second-order valence-electron chi connectivity index (χ2n) is 5.25. The lowest BCUT2D eigenvalue weighted by Gasteiger charge is -2.18. The van der Waals surface area contributed by atoms with Gasteiger partial charge in [-0.2, -0.15) is 0 Å². The first-order valence-corrected chi connectivity index (χ1v) is 7.71. The molecule has 0 aromatic heterocycles. The second kappa shape index (κ2) is 7.69. The minimum Gasteiger partial charge on any atom is -0.508 e. The average molecular weight is 332 g/mol. The van der Waals surface area contributed by atoms with Gasteiger partial charge in [0.1, 0.15) is 5.75 Å². The fourth-order valence-electron chi connectivity index (χ4n) is 2.17. The summed E-state index contributed by atoms with van der Waals surface area (Å²) in [5.41, 5.74) is 1.67. The van der Waals surface area contributed by atoms with Gasteiger partial charge in [-0.15, -0.1) is 0 Å². The first-order chi connectivity index (χ1) is 11.0. The summed E-state index contributed by atoms with van der Waals surface area (Å²) in [7, 11) is 0. The Morgan fingerprint density at radius 3 is 2.48 bits per heavy atom. The lowest BCUT2D eigenvalue weighted by Crippen LogP contribution is -2.37. The maximum atomic E-state index is 9.70. The van der Waals surface area contributed by atoms with Gasteiger partial charge in [0.05, 0.1) is 6.04 Å². The van der Waals surface area contributed by atoms with E-state index in [-0.39, 0.29) is 23.3 Å². The van der Waals surface area contributed by atoms with Crippen LogP contribution in [0.2, 0.25) is 0 Å². The van der Waals surface area contributed by atoms with E-state index in [0.717, 1.165) is 11.1 Å². The highest BCUT2D eigenvalue weighted by Gasteiger charge is 2.09. The summed E-state index contributed by atoms with van der Waals surface area (Å²) < 4.78 is 0. The van der Waals surface area contributed by atoms with Crippen molar-refractivity contribution in [2.75, 3.05) is 6.54 Å². The Morgan fingerprint density at radius 1 is 1.04 bits per heavy atom. The summed E-state index contributed by atoms with van der Waals surface area (Å²) in [6.45, 7) is 2.50. The van der Waals surface area contributed by atoms with Crippen LogP contribution in [-0.2, 0) is 6.42 Å². The monoisotopic (exact) mass is 332 g/mol. The smallest absolute Gasteiger partial charge is 0.166 e. The van der Waals surface area contributed by atoms with Crippen LogP contribution in [0.4, 0.5) is 0 Å². The van der Waals surface area contributed by atoms with Crippen molar-refractivity contribution < 1.29 is 15.3 Å². The predicted octanol–water partition coefficient (Wildman–Crippen LogP) is 2.57. The highest BCUT2D eigenvalue weighted by Crippen LogP contribution is 2.27. The van der Waals surface area contributed by atoms with Gasteiger partial charge in [0.2, 0.25) is 0 Å². The summed E-state index contributed by atoms with van der Waals surface area (Å²) in [5, 5.41) is 35.2. The van der Waals surface area contributed by atoms with Crippen LogP contribution in [0.25, 0.3) is 0 Å². The topological polar surface area (TPSA) is 84.8 Å². The van der Waals surface area contributed by atoms with E-state index in [2.05, 4.69) is 10.6 Å². The molecule has 0 aliphatic rings. The highest BCUT2D eigenvalue weighted by molar-refractivity contribution is 7.80. The Morgan fingerprint density at radius 2 is 1.78 bits per heavy atom. The molecule has 0 radical (unpaired) electrons. The number of para-hydroxylation sites is 1. The van der Waals surface area contributed by atoms with Crippen LogP contribution in [-0.4, -0.2) is 27.0 Å². The number of rotatable bonds is 5. The molecule has 0 heterocycles. The van der Waals surface area contributed by atoms with Gasteiger partial charge in [-0.25, -0.2) is 0 Å². The van der Waals surface area contributed by atoms with Crippen LogP contribution in [0.5, 0.6) is 17.2 Å². The Labute approximate surface area is 140 Å². The zero-order valence-electron chi connectivity index (χ0n) is 12.8. The third-order valence-electron chi connectivity index (χ3n) is 3.52. The molecule has 0 aliphatic heterocycles. The maximum Gasteiger partial charge on any atom is 0.166 e. The molecule has 1 atom stereocenters. The van der Waals surface area contributed by atoms with Gasteiger partial charge in [0.15, 0.2) is 16.6 Å². The van der Waals surface area contributed by atoms with Gasteiger partial charge < -0.3 is 26.0 Å². The van der Waals surface area contributed by atoms with Gasteiger partial charge in [-0.05, 0) is 54.9 Å². The zero-order valence-corrected chi connectivity index (χ0v) is 13.6. The summed E-state index contributed by atoms with van der Waals surface area (Å²) in [6.07, 6.45) is 0.656. The first-order valence-electron chi connectivity index (χ1n) is 7.30. The lowest BCUT2D eigenvalue weighted by molar-refractivity contribution is 0.402. The molecule has 6 heteroatoms. The molecule has 0 unspecified atom stereocenters. The van der Waals surface area contributed by atoms with Crippen LogP contribution in [0, 0.1) is 0 Å². The molecule has 0 bridgehead atoms. The molecule has 0 fully saturated rings. The van der Waals surface area contributed by atoms with E-state index in [4.69, 9.17) is 12.2 Å². The number of aromatic hydroxyl groups is 3. The number of phenols is 3. The Kier molecular flexibility index (Phi) is 5.65. The highest BCUT2D eigenvalue weighted by atomic mass is 32.1. The van der Waals surface area contributed by atoms with E-state index in [1.807, 2.05) is 19.1 Å². The number of phenolic OH excluding ortho intramolecular Hbond substituents is 3. The van der Waals surface area contributed by atoms with Gasteiger partial charge in [-0.1, -0.05) is 24.3 Å². The summed E-state index contributed by atoms with van der Waals surface area (Å²) >= 11 is 5.24. The summed E-state index contributed by atoms with van der Waals surface area (Å²) in [6, 6.07) is 11.7.